The van der Waals surface area contributed by atoms with Gasteiger partial charge in [0.05, 0.1) is 0 Å². The summed E-state index contributed by atoms with van der Waals surface area (Å²) < 4.78 is 33.1. The van der Waals surface area contributed by atoms with Gasteiger partial charge in [-0.1, -0.05) is 11.6 Å². The van der Waals surface area contributed by atoms with Crippen molar-refractivity contribution in [2.75, 3.05) is 7.11 Å². The first kappa shape index (κ1) is 13.8. The van der Waals surface area contributed by atoms with E-state index >= 15 is 0 Å². The lowest BCUT2D eigenvalue weighted by atomic mass is 10.1. The van der Waals surface area contributed by atoms with Gasteiger partial charge in [-0.3, -0.25) is 9.53 Å². The molecule has 1 atom stereocenters. The molecule has 7 heteroatoms. The summed E-state index contributed by atoms with van der Waals surface area (Å²) in [6.07, 6.45) is -1.31. The van der Waals surface area contributed by atoms with Crippen LogP contribution in [-0.2, 0) is 9.47 Å². The summed E-state index contributed by atoms with van der Waals surface area (Å²) in [5.41, 5.74) is 5.35. The number of nitrogens with two attached hydrogens (primary N) is 1. The monoisotopic (exact) mass is 265 g/mol. The number of rotatable bonds is 5. The average molecular weight is 266 g/mol. The van der Waals surface area contributed by atoms with E-state index in [1.54, 1.807) is 0 Å². The van der Waals surface area contributed by atoms with Crippen molar-refractivity contribution in [1.82, 2.24) is 0 Å². The molecule has 0 heterocycles. The Morgan fingerprint density at radius 3 is 2.53 bits per heavy atom. The molecule has 0 radical (unpaired) electrons. The van der Waals surface area contributed by atoms with E-state index in [2.05, 4.69) is 4.74 Å². The molecule has 1 amide bonds. The number of halogens is 3. The van der Waals surface area contributed by atoms with Crippen LogP contribution in [0.1, 0.15) is 22.2 Å². The van der Waals surface area contributed by atoms with Gasteiger partial charge in [0.1, 0.15) is 0 Å². The zero-order chi connectivity index (χ0) is 13.0. The number of amides is 1. The molecule has 2 N–H and O–H groups in total. The van der Waals surface area contributed by atoms with Gasteiger partial charge >= 0.3 is 6.61 Å². The van der Waals surface area contributed by atoms with Gasteiger partial charge in [0.15, 0.2) is 6.29 Å². The Morgan fingerprint density at radius 2 is 2.06 bits per heavy atom. The van der Waals surface area contributed by atoms with E-state index in [-0.39, 0.29) is 16.1 Å². The van der Waals surface area contributed by atoms with Crippen LogP contribution in [0.4, 0.5) is 8.78 Å². The van der Waals surface area contributed by atoms with E-state index in [0.29, 0.717) is 0 Å². The molecular weight excluding hydrogens is 256 g/mol. The SMILES string of the molecule is COC(OC(F)F)c1cc(Cl)cc(C(N)=O)c1. The topological polar surface area (TPSA) is 61.6 Å². The largest absolute Gasteiger partial charge is 0.366 e. The third-order valence-electron chi connectivity index (χ3n) is 1.92. The molecule has 1 aromatic carbocycles. The average Bonchev–Trinajstić information content (AvgIpc) is 2.24. The van der Waals surface area contributed by atoms with E-state index in [1.807, 2.05) is 0 Å². The van der Waals surface area contributed by atoms with Crippen LogP contribution in [0.25, 0.3) is 0 Å². The minimum Gasteiger partial charge on any atom is -0.366 e. The van der Waals surface area contributed by atoms with E-state index in [9.17, 15) is 13.6 Å². The smallest absolute Gasteiger partial charge is 0.347 e. The highest BCUT2D eigenvalue weighted by Gasteiger charge is 2.18. The van der Waals surface area contributed by atoms with E-state index in [1.165, 1.54) is 25.3 Å². The van der Waals surface area contributed by atoms with Gasteiger partial charge in [-0.05, 0) is 18.2 Å². The number of carbonyl (C=O) groups excluding carboxylic acids is 1. The number of primary amides is 1. The number of hydrogen-bond donors (Lipinski definition) is 1. The number of alkyl halides is 2. The van der Waals surface area contributed by atoms with E-state index in [4.69, 9.17) is 22.1 Å². The zero-order valence-corrected chi connectivity index (χ0v) is 9.58. The maximum atomic E-state index is 12.1. The van der Waals surface area contributed by atoms with Crippen molar-refractivity contribution in [3.8, 4) is 0 Å². The molecule has 0 aliphatic rings. The van der Waals surface area contributed by atoms with Gasteiger partial charge in [0.2, 0.25) is 5.91 Å². The highest BCUT2D eigenvalue weighted by atomic mass is 35.5. The standard InChI is InChI=1S/C10H10ClF2NO3/c1-16-9(17-10(12)13)6-2-5(8(14)15)3-7(11)4-6/h2-4,9-10H,1H3,(H2,14,15). The van der Waals surface area contributed by atoms with Crippen molar-refractivity contribution < 1.29 is 23.0 Å². The first-order chi connectivity index (χ1) is 7.93. The molecule has 0 saturated heterocycles. The molecule has 94 valence electrons. The Labute approximate surface area is 101 Å². The zero-order valence-electron chi connectivity index (χ0n) is 8.82. The summed E-state index contributed by atoms with van der Waals surface area (Å²) in [4.78, 5) is 11.0. The second-order valence-corrected chi connectivity index (χ2v) is 3.54. The fraction of sp³-hybridized carbons (Fsp3) is 0.300. The van der Waals surface area contributed by atoms with Crippen LogP contribution in [0.2, 0.25) is 5.02 Å². The molecule has 1 unspecified atom stereocenters. The molecule has 0 bridgehead atoms. The summed E-state index contributed by atoms with van der Waals surface area (Å²) >= 11 is 5.73. The van der Waals surface area contributed by atoms with Crippen LogP contribution >= 0.6 is 11.6 Å². The summed E-state index contributed by atoms with van der Waals surface area (Å²) in [5, 5.41) is 0.177. The first-order valence-electron chi connectivity index (χ1n) is 4.50. The molecule has 1 aromatic rings. The van der Waals surface area contributed by atoms with Crippen molar-refractivity contribution in [2.24, 2.45) is 5.73 Å². The molecule has 1 rings (SSSR count). The van der Waals surface area contributed by atoms with Crippen LogP contribution in [-0.4, -0.2) is 19.6 Å². The Balaban J connectivity index is 3.06. The van der Waals surface area contributed by atoms with Crippen LogP contribution in [0, 0.1) is 0 Å². The lowest BCUT2D eigenvalue weighted by molar-refractivity contribution is -0.241. The van der Waals surface area contributed by atoms with Gasteiger partial charge in [-0.15, -0.1) is 0 Å². The molecule has 0 aliphatic carbocycles. The van der Waals surface area contributed by atoms with Crippen molar-refractivity contribution in [3.63, 3.8) is 0 Å². The number of hydrogen-bond acceptors (Lipinski definition) is 3. The van der Waals surface area contributed by atoms with Gasteiger partial charge in [-0.25, -0.2) is 0 Å². The lowest BCUT2D eigenvalue weighted by Crippen LogP contribution is -2.14. The second-order valence-electron chi connectivity index (χ2n) is 3.10. The summed E-state index contributed by atoms with van der Waals surface area (Å²) in [5.74, 6) is -0.722. The highest BCUT2D eigenvalue weighted by molar-refractivity contribution is 6.31. The fourth-order valence-electron chi connectivity index (χ4n) is 1.25. The third-order valence-corrected chi connectivity index (χ3v) is 2.14. The van der Waals surface area contributed by atoms with Crippen molar-refractivity contribution in [1.29, 1.82) is 0 Å². The molecule has 0 aromatic heterocycles. The number of carbonyl (C=O) groups is 1. The minimum absolute atomic E-state index is 0.0902. The van der Waals surface area contributed by atoms with Gasteiger partial charge < -0.3 is 10.5 Å². The molecule has 0 fully saturated rings. The molecule has 0 saturated carbocycles. The van der Waals surface area contributed by atoms with E-state index < -0.39 is 18.8 Å². The molecule has 17 heavy (non-hydrogen) atoms. The lowest BCUT2D eigenvalue weighted by Gasteiger charge is -2.16. The van der Waals surface area contributed by atoms with Crippen LogP contribution in [0.3, 0.4) is 0 Å². The quantitative estimate of drug-likeness (QED) is 0.831. The number of ether oxygens (including phenoxy) is 2. The Bertz CT molecular complexity index is 415. The molecule has 0 aliphatic heterocycles. The normalized spacial score (nSPS) is 12.8. The summed E-state index contributed by atoms with van der Waals surface area (Å²) in [7, 11) is 1.19. The van der Waals surface area contributed by atoms with Crippen LogP contribution in [0.5, 0.6) is 0 Å². The molecule has 0 spiro atoms. The third kappa shape index (κ3) is 3.92. The van der Waals surface area contributed by atoms with Crippen molar-refractivity contribution in [2.45, 2.75) is 12.9 Å². The van der Waals surface area contributed by atoms with Crippen molar-refractivity contribution >= 4 is 17.5 Å². The Hall–Kier alpha value is -1.24. The number of methoxy groups -OCH3 is 1. The summed E-state index contributed by atoms with van der Waals surface area (Å²) in [6, 6.07) is 3.96. The van der Waals surface area contributed by atoms with E-state index in [0.717, 1.165) is 0 Å². The highest BCUT2D eigenvalue weighted by Crippen LogP contribution is 2.25. The molecular formula is C10H10ClF2NO3. The second kappa shape index (κ2) is 5.90. The maximum Gasteiger partial charge on any atom is 0.347 e. The van der Waals surface area contributed by atoms with Gasteiger partial charge in [0, 0.05) is 23.3 Å². The Morgan fingerprint density at radius 1 is 1.41 bits per heavy atom. The minimum atomic E-state index is -3.00. The predicted octanol–water partition coefficient (Wildman–Crippen LogP) is 2.32. The van der Waals surface area contributed by atoms with Crippen LogP contribution in [0.15, 0.2) is 18.2 Å². The fourth-order valence-corrected chi connectivity index (χ4v) is 1.50. The first-order valence-corrected chi connectivity index (χ1v) is 4.88. The predicted molar refractivity (Wildman–Crippen MR) is 56.8 cm³/mol. The number of benzene rings is 1. The van der Waals surface area contributed by atoms with Gasteiger partial charge in [-0.2, -0.15) is 8.78 Å². The Kier molecular flexibility index (Phi) is 4.80. The molecule has 4 nitrogen and oxygen atoms in total. The maximum absolute atomic E-state index is 12.1. The van der Waals surface area contributed by atoms with Gasteiger partial charge in [0.25, 0.3) is 0 Å². The van der Waals surface area contributed by atoms with Crippen LogP contribution < -0.4 is 5.73 Å². The van der Waals surface area contributed by atoms with Crippen molar-refractivity contribution in [3.05, 3.63) is 34.3 Å². The summed E-state index contributed by atoms with van der Waals surface area (Å²) in [6.45, 7) is -3.00.